The Morgan fingerprint density at radius 2 is 2.21 bits per heavy atom. The number of aryl methyl sites for hydroxylation is 3. The van der Waals surface area contributed by atoms with Crippen LogP contribution < -0.4 is 5.32 Å². The van der Waals surface area contributed by atoms with E-state index >= 15 is 0 Å². The number of H-pyrrole nitrogens is 1. The van der Waals surface area contributed by atoms with Gasteiger partial charge in [0.15, 0.2) is 0 Å². The summed E-state index contributed by atoms with van der Waals surface area (Å²) in [5, 5.41) is 8.38. The van der Waals surface area contributed by atoms with Crippen molar-refractivity contribution >= 4 is 16.8 Å². The van der Waals surface area contributed by atoms with E-state index in [0.717, 1.165) is 47.5 Å². The molecule has 0 spiro atoms. The molecule has 1 aromatic carbocycles. The fourth-order valence-corrected chi connectivity index (χ4v) is 3.72. The topological polar surface area (TPSA) is 70.9 Å². The largest absolute Gasteiger partial charge is 0.361 e. The number of hydrogen-bond acceptors (Lipinski definition) is 3. The lowest BCUT2D eigenvalue weighted by Crippen LogP contribution is -2.32. The van der Waals surface area contributed by atoms with E-state index in [1.165, 1.54) is 10.9 Å². The van der Waals surface area contributed by atoms with Gasteiger partial charge >= 0.3 is 0 Å². The maximum absolute atomic E-state index is 12.5. The lowest BCUT2D eigenvalue weighted by atomic mass is 9.91. The van der Waals surface area contributed by atoms with Crippen molar-refractivity contribution < 1.29 is 9.32 Å². The lowest BCUT2D eigenvalue weighted by Gasteiger charge is -2.23. The molecule has 1 amide bonds. The summed E-state index contributed by atoms with van der Waals surface area (Å²) < 4.78 is 5.15. The smallest absolute Gasteiger partial charge is 0.225 e. The Morgan fingerprint density at radius 1 is 1.38 bits per heavy atom. The molecule has 24 heavy (non-hydrogen) atoms. The van der Waals surface area contributed by atoms with Crippen LogP contribution in [0.25, 0.3) is 10.9 Å². The molecule has 3 aromatic rings. The van der Waals surface area contributed by atoms with Gasteiger partial charge in [-0.1, -0.05) is 23.4 Å². The molecule has 1 aliphatic rings. The number of benzene rings is 1. The van der Waals surface area contributed by atoms with Gasteiger partial charge in [-0.15, -0.1) is 0 Å². The zero-order valence-electron chi connectivity index (χ0n) is 14.0. The summed E-state index contributed by atoms with van der Waals surface area (Å²) in [7, 11) is 0. The summed E-state index contributed by atoms with van der Waals surface area (Å²) in [6, 6.07) is 8.40. The van der Waals surface area contributed by atoms with Gasteiger partial charge in [-0.05, 0) is 44.7 Å². The van der Waals surface area contributed by atoms with Crippen molar-refractivity contribution in [2.24, 2.45) is 0 Å². The first kappa shape index (κ1) is 15.0. The highest BCUT2D eigenvalue weighted by atomic mass is 16.5. The number of para-hydroxylation sites is 1. The van der Waals surface area contributed by atoms with Crippen molar-refractivity contribution in [3.63, 3.8) is 0 Å². The van der Waals surface area contributed by atoms with E-state index in [0.29, 0.717) is 6.42 Å². The van der Waals surface area contributed by atoms with Crippen LogP contribution in [0, 0.1) is 13.8 Å². The fourth-order valence-electron chi connectivity index (χ4n) is 3.72. The second kappa shape index (κ2) is 5.82. The standard InChI is InChI=1S/C19H21N3O2/c1-11-15(12(2)24-22-11)10-18(23)20-17-9-5-7-14-13-6-3-4-8-16(13)21-19(14)17/h3-4,6,8,17,21H,5,7,9-10H2,1-2H3,(H,20,23). The number of hydrogen-bond donors (Lipinski definition) is 2. The number of nitrogens with one attached hydrogen (secondary N) is 2. The second-order valence-corrected chi connectivity index (χ2v) is 6.55. The van der Waals surface area contributed by atoms with Crippen molar-refractivity contribution in [1.29, 1.82) is 0 Å². The molecule has 2 N–H and O–H groups in total. The summed E-state index contributed by atoms with van der Waals surface area (Å²) >= 11 is 0. The van der Waals surface area contributed by atoms with Crippen LogP contribution in [-0.4, -0.2) is 16.0 Å². The first-order chi connectivity index (χ1) is 11.6. The molecule has 0 saturated carbocycles. The molecule has 5 heteroatoms. The molecular weight excluding hydrogens is 302 g/mol. The van der Waals surface area contributed by atoms with Crippen molar-refractivity contribution in [3.05, 3.63) is 52.5 Å². The number of rotatable bonds is 3. The third-order valence-electron chi connectivity index (χ3n) is 4.97. The van der Waals surface area contributed by atoms with Crippen LogP contribution in [0.3, 0.4) is 0 Å². The molecule has 0 aliphatic heterocycles. The van der Waals surface area contributed by atoms with E-state index in [1.54, 1.807) is 0 Å². The average molecular weight is 323 g/mol. The third-order valence-corrected chi connectivity index (χ3v) is 4.97. The molecule has 1 atom stereocenters. The molecular formula is C19H21N3O2. The molecule has 0 radical (unpaired) electrons. The molecule has 5 nitrogen and oxygen atoms in total. The van der Waals surface area contributed by atoms with E-state index in [-0.39, 0.29) is 11.9 Å². The van der Waals surface area contributed by atoms with Gasteiger partial charge < -0.3 is 14.8 Å². The molecule has 2 aromatic heterocycles. The van der Waals surface area contributed by atoms with Crippen molar-refractivity contribution in [1.82, 2.24) is 15.5 Å². The molecule has 0 fully saturated rings. The van der Waals surface area contributed by atoms with Gasteiger partial charge in [-0.3, -0.25) is 4.79 Å². The monoisotopic (exact) mass is 323 g/mol. The SMILES string of the molecule is Cc1noc(C)c1CC(=O)NC1CCCc2c1[nH]c1ccccc21. The fraction of sp³-hybridized carbons (Fsp3) is 0.368. The van der Waals surface area contributed by atoms with Crippen LogP contribution >= 0.6 is 0 Å². The summed E-state index contributed by atoms with van der Waals surface area (Å²) in [5.74, 6) is 0.735. The zero-order valence-corrected chi connectivity index (χ0v) is 14.0. The van der Waals surface area contributed by atoms with Crippen LogP contribution in [0.15, 0.2) is 28.8 Å². The number of nitrogens with zero attached hydrogens (tertiary/aromatic N) is 1. The van der Waals surface area contributed by atoms with E-state index in [9.17, 15) is 4.79 Å². The first-order valence-electron chi connectivity index (χ1n) is 8.44. The Balaban J connectivity index is 1.57. The molecule has 0 bridgehead atoms. The van der Waals surface area contributed by atoms with Crippen molar-refractivity contribution in [2.45, 2.75) is 45.6 Å². The Kier molecular flexibility index (Phi) is 3.63. The summed E-state index contributed by atoms with van der Waals surface area (Å²) in [6.45, 7) is 3.72. The van der Waals surface area contributed by atoms with Gasteiger partial charge in [-0.25, -0.2) is 0 Å². The average Bonchev–Trinajstić information content (AvgIpc) is 3.11. The number of amides is 1. The van der Waals surface area contributed by atoms with Gasteiger partial charge in [0.25, 0.3) is 0 Å². The zero-order chi connectivity index (χ0) is 16.7. The molecule has 0 saturated heterocycles. The third kappa shape index (κ3) is 2.50. The normalized spacial score (nSPS) is 17.0. The van der Waals surface area contributed by atoms with Gasteiger partial charge in [0.1, 0.15) is 5.76 Å². The summed E-state index contributed by atoms with van der Waals surface area (Å²) in [4.78, 5) is 16.0. The van der Waals surface area contributed by atoms with Crippen molar-refractivity contribution in [3.8, 4) is 0 Å². The number of carbonyl (C=O) groups is 1. The Hall–Kier alpha value is -2.56. The minimum Gasteiger partial charge on any atom is -0.361 e. The van der Waals surface area contributed by atoms with Gasteiger partial charge in [-0.2, -0.15) is 0 Å². The maximum Gasteiger partial charge on any atom is 0.225 e. The number of fused-ring (bicyclic) bond motifs is 3. The maximum atomic E-state index is 12.5. The van der Waals surface area contributed by atoms with E-state index < -0.39 is 0 Å². The highest BCUT2D eigenvalue weighted by molar-refractivity contribution is 5.86. The van der Waals surface area contributed by atoms with Gasteiger partial charge in [0.2, 0.25) is 5.91 Å². The highest BCUT2D eigenvalue weighted by Gasteiger charge is 2.26. The summed E-state index contributed by atoms with van der Waals surface area (Å²) in [6.07, 6.45) is 3.43. The number of aromatic nitrogens is 2. The predicted octanol–water partition coefficient (Wildman–Crippen LogP) is 3.51. The Bertz CT molecular complexity index is 887. The van der Waals surface area contributed by atoms with Crippen LogP contribution in [0.5, 0.6) is 0 Å². The van der Waals surface area contributed by atoms with E-state index in [4.69, 9.17) is 4.52 Å². The first-order valence-corrected chi connectivity index (χ1v) is 8.44. The number of carbonyl (C=O) groups excluding carboxylic acids is 1. The van der Waals surface area contributed by atoms with Crippen molar-refractivity contribution in [2.75, 3.05) is 0 Å². The lowest BCUT2D eigenvalue weighted by molar-refractivity contribution is -0.121. The molecule has 1 aliphatic carbocycles. The highest BCUT2D eigenvalue weighted by Crippen LogP contribution is 2.34. The molecule has 1 unspecified atom stereocenters. The van der Waals surface area contributed by atoms with Crippen LogP contribution in [0.1, 0.15) is 47.2 Å². The summed E-state index contributed by atoms with van der Waals surface area (Å²) in [5.41, 5.74) is 5.33. The quantitative estimate of drug-likeness (QED) is 0.775. The van der Waals surface area contributed by atoms with Gasteiger partial charge in [0.05, 0.1) is 18.2 Å². The molecule has 2 heterocycles. The predicted molar refractivity (Wildman–Crippen MR) is 91.8 cm³/mol. The van der Waals surface area contributed by atoms with Crippen LogP contribution in [0.2, 0.25) is 0 Å². The molecule has 124 valence electrons. The number of aromatic amines is 1. The minimum absolute atomic E-state index is 0.0147. The van der Waals surface area contributed by atoms with E-state index in [1.807, 2.05) is 19.9 Å². The van der Waals surface area contributed by atoms with Gasteiger partial charge in [0, 0.05) is 22.2 Å². The molecule has 4 rings (SSSR count). The van der Waals surface area contributed by atoms with Crippen LogP contribution in [-0.2, 0) is 17.6 Å². The Labute approximate surface area is 140 Å². The minimum atomic E-state index is 0.0147. The second-order valence-electron chi connectivity index (χ2n) is 6.55. The van der Waals surface area contributed by atoms with Crippen LogP contribution in [0.4, 0.5) is 0 Å². The van der Waals surface area contributed by atoms with E-state index in [2.05, 4.69) is 33.7 Å². The Morgan fingerprint density at radius 3 is 3.00 bits per heavy atom.